The quantitative estimate of drug-likeness (QED) is 0.0448. The van der Waals surface area contributed by atoms with E-state index in [1.54, 1.807) is 0 Å². The zero-order chi connectivity index (χ0) is 84.2. The Kier molecular flexibility index (Phi) is 25.7. The van der Waals surface area contributed by atoms with Gasteiger partial charge in [0, 0.05) is 63.2 Å². The van der Waals surface area contributed by atoms with Gasteiger partial charge in [0.25, 0.3) is 28.9 Å². The van der Waals surface area contributed by atoms with E-state index in [-0.39, 0.29) is 93.0 Å². The number of nitrogens with zero attached hydrogens (tertiary/aromatic N) is 3. The fraction of sp³-hybridized carbons (Fsp3) is 0.182. The zero-order valence-corrected chi connectivity index (χ0v) is 63.9. The molecule has 8 aromatic rings. The number of nitrogens with one attached hydrogen (secondary N) is 1. The third kappa shape index (κ3) is 18.4. The number of hydrogen-bond donors (Lipinski definition) is 3. The highest BCUT2D eigenvalue weighted by Crippen LogP contribution is 2.56. The molecule has 3 aliphatic rings. The number of alkyl halides is 20. The summed E-state index contributed by atoms with van der Waals surface area (Å²) >= 11 is 10.7. The number of carbonyl (C=O) groups excluding carboxylic acids is 5. The molecule has 3 heterocycles. The first-order valence-corrected chi connectivity index (χ1v) is 34.1. The Morgan fingerprint density at radius 3 is 0.973 bits per heavy atom. The van der Waals surface area contributed by atoms with Crippen LogP contribution in [0.1, 0.15) is 73.3 Å². The summed E-state index contributed by atoms with van der Waals surface area (Å²) in [4.78, 5) is 75.6. The minimum Gasteiger partial charge on any atom is -0.478 e. The third-order valence-corrected chi connectivity index (χ3v) is 19.0. The van der Waals surface area contributed by atoms with Crippen LogP contribution in [0.25, 0.3) is 0 Å². The molecule has 0 atom stereocenters. The van der Waals surface area contributed by atoms with Gasteiger partial charge in [-0.2, -0.15) is 52.7 Å². The fourth-order valence-corrected chi connectivity index (χ4v) is 13.8. The predicted molar refractivity (Wildman–Crippen MR) is 378 cm³/mol. The summed E-state index contributed by atoms with van der Waals surface area (Å²) in [6.45, 7) is 0. The van der Waals surface area contributed by atoms with Crippen LogP contribution < -0.4 is 54.2 Å². The lowest BCUT2D eigenvalue weighted by molar-refractivity contribution is -0.349. The van der Waals surface area contributed by atoms with Gasteiger partial charge >= 0.3 is 60.9 Å². The summed E-state index contributed by atoms with van der Waals surface area (Å²) in [5.41, 5.74) is -12.3. The van der Waals surface area contributed by atoms with Gasteiger partial charge in [-0.1, -0.05) is 18.2 Å². The second-order valence-electron chi connectivity index (χ2n) is 22.5. The van der Waals surface area contributed by atoms with Crippen molar-refractivity contribution >= 4 is 165 Å². The second-order valence-corrected chi connectivity index (χ2v) is 27.5. The highest BCUT2D eigenvalue weighted by atomic mass is 127. The Morgan fingerprint density at radius 1 is 0.411 bits per heavy atom. The van der Waals surface area contributed by atoms with Gasteiger partial charge in [-0.25, -0.2) is 26.7 Å². The van der Waals surface area contributed by atoms with Crippen LogP contribution in [-0.4, -0.2) is 105 Å². The van der Waals surface area contributed by atoms with E-state index in [9.17, 15) is 125 Å². The lowest BCUT2D eigenvalue weighted by Gasteiger charge is -2.31. The van der Waals surface area contributed by atoms with Gasteiger partial charge in [-0.05, 0) is 217 Å². The first-order valence-electron chi connectivity index (χ1n) is 29.4. The molecule has 112 heavy (non-hydrogen) atoms. The Balaban J connectivity index is 0.000000197. The fourth-order valence-electron chi connectivity index (χ4n) is 9.82. The van der Waals surface area contributed by atoms with Gasteiger partial charge in [0.15, 0.2) is 51.9 Å². The van der Waals surface area contributed by atoms with E-state index in [1.165, 1.54) is 153 Å². The number of nitrogen functional groups attached to an aromatic ring is 1. The first kappa shape index (κ1) is 88.5. The van der Waals surface area contributed by atoms with Crippen LogP contribution in [-0.2, 0) is 11.3 Å². The molecule has 0 aliphatic carbocycles. The number of benzene rings is 8. The molecule has 0 fully saturated rings. The van der Waals surface area contributed by atoms with Crippen LogP contribution in [0.3, 0.4) is 0 Å². The summed E-state index contributed by atoms with van der Waals surface area (Å²) in [5.74, 6) is -10.3. The molecule has 0 saturated carbocycles. The monoisotopic (exact) mass is 2080 g/mol. The van der Waals surface area contributed by atoms with Gasteiger partial charge in [0.05, 0.1) is 45.1 Å². The van der Waals surface area contributed by atoms with Crippen LogP contribution >= 0.6 is 102 Å². The molecule has 0 bridgehead atoms. The van der Waals surface area contributed by atoms with E-state index in [4.69, 9.17) is 22.4 Å². The number of anilines is 5. The number of halogens is 28. The zero-order valence-electron chi connectivity index (χ0n) is 54.5. The van der Waals surface area contributed by atoms with E-state index in [2.05, 4.69) is 33.7 Å². The topological polar surface area (TPSA) is 226 Å². The van der Waals surface area contributed by atoms with Crippen molar-refractivity contribution in [1.82, 2.24) is 0 Å². The standard InChI is InChI=1S/C25H12F10I2N2O4.C16H9ClF3NO4.C16H10F3NO5.C9H4F7I2N/c1-39(21(41)10-5-6-16-17(7-10)43-25(34,35)42-16)15-4-2-3-12(18(15)26)20(40)38-19-13(36)8-11(9-14(19)37)22(27,23(28,29)30)24(31,32)33;1-21(10-4-2-3-9(13(10)18)14(17)22)15(23)8-5-6-11-12(7-8)25-16(19,20)24-11;1-20(10-4-2-3-9(13(10)17)15(22)23)14(21)8-5-6-11-12(7-8)25-16(18,19)24-11;10-7(8(11,12)13,9(14,15)16)3-1-4(17)6(19)5(18)2-3/h2-9H,1H3,(H,38,40);2-7H,1H3;2-7H,1H3,(H,22,23);1-2H,19H2. The molecule has 0 unspecified atom stereocenters. The molecule has 8 aromatic carbocycles. The molecular formula is C66H35ClF23I4N5O13. The van der Waals surface area contributed by atoms with E-state index in [0.717, 1.165) is 82.4 Å². The molecule has 46 heteroatoms. The number of hydrogen-bond acceptors (Lipinski definition) is 13. The molecule has 3 aliphatic heterocycles. The molecule has 11 rings (SSSR count). The van der Waals surface area contributed by atoms with Crippen molar-refractivity contribution in [2.75, 3.05) is 46.9 Å². The average Bonchev–Trinajstić information content (AvgIpc) is 0.997. The highest BCUT2D eigenvalue weighted by Gasteiger charge is 2.75. The van der Waals surface area contributed by atoms with Gasteiger partial charge in [0.2, 0.25) is 0 Å². The maximum absolute atomic E-state index is 15.5. The summed E-state index contributed by atoms with van der Waals surface area (Å²) in [5, 5.41) is 10.1. The lowest BCUT2D eigenvalue weighted by atomic mass is 9.94. The molecule has 4 amide bonds. The normalized spacial score (nSPS) is 14.2. The molecule has 0 saturated heterocycles. The number of amides is 4. The lowest BCUT2D eigenvalue weighted by Crippen LogP contribution is -2.50. The minimum absolute atomic E-state index is 0.00310. The predicted octanol–water partition coefficient (Wildman–Crippen LogP) is 19.9. The highest BCUT2D eigenvalue weighted by molar-refractivity contribution is 14.1. The van der Waals surface area contributed by atoms with Crippen LogP contribution in [0.5, 0.6) is 34.5 Å². The van der Waals surface area contributed by atoms with Gasteiger partial charge < -0.3 is 59.3 Å². The van der Waals surface area contributed by atoms with E-state index in [0.29, 0.717) is 12.1 Å². The van der Waals surface area contributed by atoms with Crippen molar-refractivity contribution < 1.29 is 163 Å². The van der Waals surface area contributed by atoms with Gasteiger partial charge in [-0.15, -0.1) is 26.3 Å². The Bertz CT molecular complexity index is 4880. The molecule has 598 valence electrons. The molecule has 4 N–H and O–H groups in total. The number of rotatable bonds is 12. The van der Waals surface area contributed by atoms with Crippen LogP contribution in [0.2, 0.25) is 0 Å². The number of carbonyl (C=O) groups is 6. The number of carboxylic acids is 1. The Hall–Kier alpha value is -9.02. The first-order chi connectivity index (χ1) is 51.4. The molecule has 18 nitrogen and oxygen atoms in total. The molecule has 0 aromatic heterocycles. The van der Waals surface area contributed by atoms with E-state index in [1.807, 2.05) is 0 Å². The maximum Gasteiger partial charge on any atom is 0.586 e. The smallest absolute Gasteiger partial charge is 0.478 e. The number of aromatic carboxylic acids is 1. The van der Waals surface area contributed by atoms with Crippen LogP contribution in [0.15, 0.2) is 133 Å². The van der Waals surface area contributed by atoms with Crippen molar-refractivity contribution in [2.45, 2.75) is 54.9 Å². The summed E-state index contributed by atoms with van der Waals surface area (Å²) in [6.07, 6.45) is -36.5. The molecule has 0 spiro atoms. The van der Waals surface area contributed by atoms with Crippen molar-refractivity contribution in [3.05, 3.63) is 210 Å². The average molecular weight is 2090 g/mol. The summed E-state index contributed by atoms with van der Waals surface area (Å²) in [7, 11) is 3.60. The Morgan fingerprint density at radius 2 is 0.679 bits per heavy atom. The van der Waals surface area contributed by atoms with E-state index >= 15 is 4.39 Å². The van der Waals surface area contributed by atoms with Crippen molar-refractivity contribution in [2.24, 2.45) is 0 Å². The van der Waals surface area contributed by atoms with Crippen LogP contribution in [0.4, 0.5) is 129 Å². The summed E-state index contributed by atoms with van der Waals surface area (Å²) < 4.78 is 330. The second kappa shape index (κ2) is 32.5. The third-order valence-electron chi connectivity index (χ3n) is 15.3. The van der Waals surface area contributed by atoms with Crippen molar-refractivity contribution in [1.29, 1.82) is 0 Å². The van der Waals surface area contributed by atoms with Crippen molar-refractivity contribution in [3.8, 4) is 34.5 Å². The van der Waals surface area contributed by atoms with Crippen molar-refractivity contribution in [3.63, 3.8) is 0 Å². The van der Waals surface area contributed by atoms with Gasteiger partial charge in [-0.3, -0.25) is 24.0 Å². The molecule has 0 radical (unpaired) electrons. The number of nitrogens with two attached hydrogens (primary N) is 1. The largest absolute Gasteiger partial charge is 0.586 e. The molecular weight excluding hydrogens is 2050 g/mol. The minimum atomic E-state index is -6.36. The number of ether oxygens (including phenoxy) is 6. The Labute approximate surface area is 669 Å². The maximum atomic E-state index is 15.5. The number of carboxylic acid groups (broad SMARTS) is 1. The van der Waals surface area contributed by atoms with Gasteiger partial charge in [0.1, 0.15) is 0 Å². The van der Waals surface area contributed by atoms with Crippen LogP contribution in [0, 0.1) is 31.7 Å². The van der Waals surface area contributed by atoms with E-state index < -0.39 is 148 Å². The number of fused-ring (bicyclic) bond motifs is 3. The SMILES string of the molecule is CN(C(=O)c1ccc2c(c1)OC(F)(F)O2)c1cccc(C(=O)Cl)c1F.CN(C(=O)c1ccc2c(c1)OC(F)(F)O2)c1cccc(C(=O)Nc2c(I)cc(C(F)(C(F)(F)F)C(F)(F)F)cc2I)c1F.CN(C(=O)c1ccc2c(c1)OC(F)(F)O2)c1cccc(C(=O)O)c1F.Nc1c(I)cc(C(F)(C(F)(F)F)C(F)(F)F)cc1I. The summed E-state index contributed by atoms with van der Waals surface area (Å²) in [6, 6.07) is 21.9.